The van der Waals surface area contributed by atoms with Crippen molar-refractivity contribution in [2.75, 3.05) is 29.9 Å². The number of phenols is 1. The molecule has 2 amide bonds. The predicted molar refractivity (Wildman–Crippen MR) is 175 cm³/mol. The molecule has 2 atom stereocenters. The molecule has 1 N–H and O–H groups in total. The Morgan fingerprint density at radius 1 is 1.06 bits per heavy atom. The zero-order chi connectivity index (χ0) is 32.9. The van der Waals surface area contributed by atoms with E-state index < -0.39 is 17.4 Å². The number of fused-ring (bicyclic) bond motifs is 5. The molecule has 3 fully saturated rings. The molecule has 0 spiro atoms. The van der Waals surface area contributed by atoms with Crippen LogP contribution in [0.1, 0.15) is 55.8 Å². The van der Waals surface area contributed by atoms with E-state index in [1.54, 1.807) is 18.0 Å². The Hall–Kier alpha value is -4.84. The first kappa shape index (κ1) is 29.6. The number of phenolic OH excluding ortho intramolecular Hbond substituents is 1. The third-order valence-corrected chi connectivity index (χ3v) is 10.0. The topological polar surface area (TPSA) is 125 Å². The molecule has 8 rings (SSSR count). The van der Waals surface area contributed by atoms with Gasteiger partial charge in [-0.15, -0.1) is 0 Å². The molecule has 47 heavy (non-hydrogen) atoms. The van der Waals surface area contributed by atoms with Crippen LogP contribution in [0.3, 0.4) is 0 Å². The third-order valence-electron chi connectivity index (χ3n) is 9.75. The van der Waals surface area contributed by atoms with Gasteiger partial charge in [0.1, 0.15) is 29.6 Å². The number of anilines is 2. The molecule has 240 valence electrons. The lowest BCUT2D eigenvalue weighted by Gasteiger charge is -2.49. The standard InChI is InChI=1S/C34H31ClFN7O4/c1-4-24(45)41-14-22-33(46)40(3)31-29(42(22)13-16(41)2)19-12-20(35)28(25-21(36)6-5-7-23(25)44)39-32(19)43(34(31)47)30-26(17-8-9-17)37-15-38-27(30)18-10-11-18/h4-7,12,15-18,22,44H,1,8-11,13-14H2,2-3H3/t16-,22-/m1/s1. The fourth-order valence-corrected chi connectivity index (χ4v) is 7.36. The lowest BCUT2D eigenvalue weighted by atomic mass is 9.98. The quantitative estimate of drug-likeness (QED) is 0.308. The molecule has 5 heterocycles. The maximum atomic E-state index is 15.3. The molecule has 1 aromatic carbocycles. The molecule has 0 unspecified atom stereocenters. The van der Waals surface area contributed by atoms with E-state index in [4.69, 9.17) is 16.6 Å². The van der Waals surface area contributed by atoms with Crippen molar-refractivity contribution in [2.24, 2.45) is 0 Å². The first-order valence-electron chi connectivity index (χ1n) is 15.7. The van der Waals surface area contributed by atoms with Crippen LogP contribution in [0.25, 0.3) is 28.0 Å². The van der Waals surface area contributed by atoms with Crippen molar-refractivity contribution in [2.45, 2.75) is 56.5 Å². The van der Waals surface area contributed by atoms with Crippen molar-refractivity contribution in [3.63, 3.8) is 0 Å². The Balaban J connectivity index is 1.48. The summed E-state index contributed by atoms with van der Waals surface area (Å²) in [5.74, 6) is -1.45. The molecule has 0 bridgehead atoms. The first-order chi connectivity index (χ1) is 22.6. The summed E-state index contributed by atoms with van der Waals surface area (Å²) in [5, 5.41) is 11.2. The minimum absolute atomic E-state index is 0.0350. The summed E-state index contributed by atoms with van der Waals surface area (Å²) in [4.78, 5) is 60.8. The van der Waals surface area contributed by atoms with Crippen LogP contribution >= 0.6 is 11.6 Å². The molecule has 2 aliphatic carbocycles. The van der Waals surface area contributed by atoms with Crippen LogP contribution in [0.4, 0.5) is 15.8 Å². The molecular formula is C34H31ClFN7O4. The highest BCUT2D eigenvalue weighted by Gasteiger charge is 2.46. The lowest BCUT2D eigenvalue weighted by molar-refractivity contribution is -0.130. The van der Waals surface area contributed by atoms with Crippen LogP contribution in [0, 0.1) is 5.82 Å². The molecule has 13 heteroatoms. The summed E-state index contributed by atoms with van der Waals surface area (Å²) in [6.45, 7) is 5.83. The number of nitrogens with zero attached hydrogens (tertiary/aromatic N) is 7. The van der Waals surface area contributed by atoms with Crippen molar-refractivity contribution in [1.82, 2.24) is 24.4 Å². The van der Waals surface area contributed by atoms with Crippen LogP contribution in [0.5, 0.6) is 5.75 Å². The lowest BCUT2D eigenvalue weighted by Crippen LogP contribution is -2.66. The Labute approximate surface area is 273 Å². The van der Waals surface area contributed by atoms with Gasteiger partial charge in [-0.3, -0.25) is 19.0 Å². The van der Waals surface area contributed by atoms with Crippen molar-refractivity contribution in [3.05, 3.63) is 75.8 Å². The summed E-state index contributed by atoms with van der Waals surface area (Å²) in [5.41, 5.74) is 2.02. The second-order valence-electron chi connectivity index (χ2n) is 12.8. The Bertz CT molecular complexity index is 2060. The molecule has 0 radical (unpaired) electrons. The molecule has 2 saturated carbocycles. The van der Waals surface area contributed by atoms with Crippen molar-refractivity contribution < 1.29 is 19.1 Å². The van der Waals surface area contributed by atoms with E-state index in [2.05, 4.69) is 16.5 Å². The number of aromatic hydroxyl groups is 1. The Kier molecular flexibility index (Phi) is 6.66. The van der Waals surface area contributed by atoms with E-state index in [-0.39, 0.29) is 76.1 Å². The maximum absolute atomic E-state index is 15.3. The van der Waals surface area contributed by atoms with Gasteiger partial charge in [0.05, 0.1) is 45.6 Å². The average Bonchev–Trinajstić information content (AvgIpc) is 3.97. The summed E-state index contributed by atoms with van der Waals surface area (Å²) in [6.07, 6.45) is 6.40. The molecule has 3 aromatic heterocycles. The van der Waals surface area contributed by atoms with Gasteiger partial charge >= 0.3 is 0 Å². The van der Waals surface area contributed by atoms with Gasteiger partial charge in [0.25, 0.3) is 11.5 Å². The number of pyridine rings is 2. The van der Waals surface area contributed by atoms with E-state index in [0.29, 0.717) is 16.8 Å². The Morgan fingerprint density at radius 2 is 1.74 bits per heavy atom. The van der Waals surface area contributed by atoms with Crippen LogP contribution in [0.2, 0.25) is 5.02 Å². The number of hydrogen-bond donors (Lipinski definition) is 1. The Morgan fingerprint density at radius 3 is 2.36 bits per heavy atom. The number of aromatic nitrogens is 4. The first-order valence-corrected chi connectivity index (χ1v) is 16.1. The molecule has 2 aliphatic heterocycles. The highest BCUT2D eigenvalue weighted by molar-refractivity contribution is 6.34. The van der Waals surface area contributed by atoms with Gasteiger partial charge in [-0.2, -0.15) is 0 Å². The SMILES string of the molecule is C=CC(=O)N1C[C@@H]2C(=O)N(C)c3c(c4cc(Cl)c(-c5c(O)cccc5F)nc4n(-c4c(C5CC5)ncnc4C4CC4)c3=O)N2C[C@H]1C. The average molecular weight is 656 g/mol. The van der Waals surface area contributed by atoms with Gasteiger partial charge in [0, 0.05) is 36.9 Å². The van der Waals surface area contributed by atoms with Gasteiger partial charge in [-0.05, 0) is 56.9 Å². The van der Waals surface area contributed by atoms with Gasteiger partial charge < -0.3 is 19.8 Å². The number of hydrogen-bond acceptors (Lipinski definition) is 8. The zero-order valence-corrected chi connectivity index (χ0v) is 26.5. The van der Waals surface area contributed by atoms with E-state index in [1.165, 1.54) is 40.1 Å². The number of piperazine rings is 1. The predicted octanol–water partition coefficient (Wildman–Crippen LogP) is 4.66. The number of halogens is 2. The van der Waals surface area contributed by atoms with Crippen LogP contribution in [-0.4, -0.2) is 73.6 Å². The number of carbonyl (C=O) groups is 2. The minimum atomic E-state index is -0.788. The van der Waals surface area contributed by atoms with Gasteiger partial charge in [0.15, 0.2) is 5.65 Å². The van der Waals surface area contributed by atoms with E-state index in [1.807, 2.05) is 11.8 Å². The second-order valence-corrected chi connectivity index (χ2v) is 13.2. The van der Waals surface area contributed by atoms with E-state index in [9.17, 15) is 14.7 Å². The van der Waals surface area contributed by atoms with Crippen LogP contribution < -0.4 is 15.4 Å². The van der Waals surface area contributed by atoms with E-state index >= 15 is 9.18 Å². The van der Waals surface area contributed by atoms with E-state index in [0.717, 1.165) is 37.1 Å². The third kappa shape index (κ3) is 4.45. The monoisotopic (exact) mass is 655 g/mol. The molecule has 4 aliphatic rings. The number of likely N-dealkylation sites (N-methyl/N-ethyl adjacent to an activating group) is 1. The maximum Gasteiger partial charge on any atom is 0.283 e. The summed E-state index contributed by atoms with van der Waals surface area (Å²) >= 11 is 6.88. The normalized spacial score (nSPS) is 20.8. The summed E-state index contributed by atoms with van der Waals surface area (Å²) in [6, 6.07) is 4.44. The van der Waals surface area contributed by atoms with Crippen molar-refractivity contribution in [1.29, 1.82) is 0 Å². The number of rotatable bonds is 5. The fraction of sp³-hybridized carbons (Fsp3) is 0.353. The second kappa shape index (κ2) is 10.6. The largest absolute Gasteiger partial charge is 0.507 e. The summed E-state index contributed by atoms with van der Waals surface area (Å²) in [7, 11) is 1.56. The number of benzene rings is 1. The minimum Gasteiger partial charge on any atom is -0.507 e. The van der Waals surface area contributed by atoms with Crippen molar-refractivity contribution in [3.8, 4) is 22.7 Å². The zero-order valence-electron chi connectivity index (χ0n) is 25.8. The van der Waals surface area contributed by atoms with Gasteiger partial charge in [-0.1, -0.05) is 24.2 Å². The molecular weight excluding hydrogens is 625 g/mol. The molecule has 4 aromatic rings. The van der Waals surface area contributed by atoms with Crippen molar-refractivity contribution >= 4 is 45.8 Å². The van der Waals surface area contributed by atoms with Gasteiger partial charge in [-0.25, -0.2) is 19.3 Å². The highest BCUT2D eigenvalue weighted by Crippen LogP contribution is 2.49. The molecule has 1 saturated heterocycles. The fourth-order valence-electron chi connectivity index (χ4n) is 7.12. The summed E-state index contributed by atoms with van der Waals surface area (Å²) < 4.78 is 16.8. The van der Waals surface area contributed by atoms with Gasteiger partial charge in [0.2, 0.25) is 5.91 Å². The number of amides is 2. The molecule has 11 nitrogen and oxygen atoms in total. The van der Waals surface area contributed by atoms with Crippen LogP contribution in [0.15, 0.2) is 48.0 Å². The smallest absolute Gasteiger partial charge is 0.283 e. The van der Waals surface area contributed by atoms with Crippen LogP contribution in [-0.2, 0) is 9.59 Å². The number of carbonyl (C=O) groups excluding carboxylic acids is 2. The highest BCUT2D eigenvalue weighted by atomic mass is 35.5.